The molecule has 0 aromatic heterocycles. The molecular formula is C21H32N2O2S. The van der Waals surface area contributed by atoms with Gasteiger partial charge in [0.25, 0.3) is 0 Å². The van der Waals surface area contributed by atoms with Crippen molar-refractivity contribution in [3.05, 3.63) is 29.8 Å². The van der Waals surface area contributed by atoms with E-state index in [1.165, 1.54) is 56.2 Å². The Bertz CT molecular complexity index is 550. The van der Waals surface area contributed by atoms with Gasteiger partial charge in [-0.05, 0) is 41.9 Å². The van der Waals surface area contributed by atoms with Gasteiger partial charge in [0.2, 0.25) is 0 Å². The molecule has 1 aromatic rings. The van der Waals surface area contributed by atoms with Crippen molar-refractivity contribution in [2.45, 2.75) is 13.0 Å². The molecule has 3 aliphatic rings. The molecule has 2 saturated heterocycles. The zero-order valence-corrected chi connectivity index (χ0v) is 16.8. The van der Waals surface area contributed by atoms with Crippen molar-refractivity contribution >= 4 is 11.8 Å². The first kappa shape index (κ1) is 18.6. The quantitative estimate of drug-likeness (QED) is 0.617. The molecule has 1 aliphatic carbocycles. The molecule has 26 heavy (non-hydrogen) atoms. The van der Waals surface area contributed by atoms with Crippen molar-refractivity contribution in [2.75, 3.05) is 64.6 Å². The van der Waals surface area contributed by atoms with Gasteiger partial charge in [0.1, 0.15) is 5.75 Å². The molecule has 2 heterocycles. The molecule has 0 spiro atoms. The minimum Gasteiger partial charge on any atom is -0.497 e. The minimum absolute atomic E-state index is 0.827. The number of fused-ring (bicyclic) bond motifs is 1. The van der Waals surface area contributed by atoms with Gasteiger partial charge in [0.15, 0.2) is 0 Å². The summed E-state index contributed by atoms with van der Waals surface area (Å²) in [6, 6.07) is 8.49. The van der Waals surface area contributed by atoms with Crippen molar-refractivity contribution < 1.29 is 9.47 Å². The zero-order chi connectivity index (χ0) is 17.8. The maximum absolute atomic E-state index is 6.00. The second kappa shape index (κ2) is 8.96. The third-order valence-electron chi connectivity index (χ3n) is 6.19. The van der Waals surface area contributed by atoms with Crippen LogP contribution in [0, 0.1) is 17.8 Å². The smallest absolute Gasteiger partial charge is 0.118 e. The molecule has 0 radical (unpaired) electrons. The normalized spacial score (nSPS) is 28.9. The lowest BCUT2D eigenvalue weighted by atomic mass is 10.2. The molecule has 3 fully saturated rings. The third-order valence-corrected chi connectivity index (χ3v) is 7.13. The highest BCUT2D eigenvalue weighted by Gasteiger charge is 2.55. The van der Waals surface area contributed by atoms with Crippen molar-refractivity contribution in [1.29, 1.82) is 0 Å². The Morgan fingerprint density at radius 3 is 2.46 bits per heavy atom. The molecule has 0 bridgehead atoms. The predicted octanol–water partition coefficient (Wildman–Crippen LogP) is 2.83. The van der Waals surface area contributed by atoms with E-state index in [1.807, 2.05) is 0 Å². The van der Waals surface area contributed by atoms with Crippen LogP contribution in [0.3, 0.4) is 0 Å². The van der Waals surface area contributed by atoms with Crippen LogP contribution in [-0.2, 0) is 11.3 Å². The average molecular weight is 377 g/mol. The molecule has 0 N–H and O–H groups in total. The van der Waals surface area contributed by atoms with Crippen LogP contribution >= 0.6 is 11.8 Å². The van der Waals surface area contributed by atoms with Crippen LogP contribution in [-0.4, -0.2) is 74.4 Å². The molecule has 1 aromatic carbocycles. The first-order valence-electron chi connectivity index (χ1n) is 10.1. The fourth-order valence-electron chi connectivity index (χ4n) is 4.54. The van der Waals surface area contributed by atoms with Crippen LogP contribution < -0.4 is 4.74 Å². The Balaban J connectivity index is 1.07. The third kappa shape index (κ3) is 4.75. The number of nitrogens with zero attached hydrogens (tertiary/aromatic N) is 2. The van der Waals surface area contributed by atoms with Gasteiger partial charge in [0, 0.05) is 57.4 Å². The molecule has 1 saturated carbocycles. The maximum atomic E-state index is 6.00. The molecule has 2 aliphatic heterocycles. The summed E-state index contributed by atoms with van der Waals surface area (Å²) in [6.45, 7) is 9.23. The van der Waals surface area contributed by atoms with Gasteiger partial charge in [-0.15, -0.1) is 0 Å². The number of likely N-dealkylation sites (tertiary alicyclic amines) is 1. The lowest BCUT2D eigenvalue weighted by Crippen LogP contribution is -2.33. The Kier molecular flexibility index (Phi) is 6.41. The topological polar surface area (TPSA) is 24.9 Å². The van der Waals surface area contributed by atoms with Crippen molar-refractivity contribution in [2.24, 2.45) is 17.8 Å². The zero-order valence-electron chi connectivity index (χ0n) is 15.9. The highest BCUT2D eigenvalue weighted by atomic mass is 32.2. The van der Waals surface area contributed by atoms with E-state index in [0.29, 0.717) is 0 Å². The summed E-state index contributed by atoms with van der Waals surface area (Å²) < 4.78 is 11.2. The van der Waals surface area contributed by atoms with Crippen molar-refractivity contribution in [3.63, 3.8) is 0 Å². The Morgan fingerprint density at radius 1 is 1.04 bits per heavy atom. The molecule has 2 unspecified atom stereocenters. The van der Waals surface area contributed by atoms with E-state index in [9.17, 15) is 0 Å². The molecular weight excluding hydrogens is 344 g/mol. The van der Waals surface area contributed by atoms with E-state index in [2.05, 4.69) is 45.8 Å². The number of ether oxygens (including phenoxy) is 2. The summed E-state index contributed by atoms with van der Waals surface area (Å²) in [5.41, 5.74) is 1.39. The van der Waals surface area contributed by atoms with E-state index in [4.69, 9.17) is 9.47 Å². The van der Waals surface area contributed by atoms with E-state index in [-0.39, 0.29) is 0 Å². The minimum atomic E-state index is 0.827. The second-order valence-corrected chi connectivity index (χ2v) is 9.14. The number of benzene rings is 1. The van der Waals surface area contributed by atoms with E-state index in [1.54, 1.807) is 7.11 Å². The number of methoxy groups -OCH3 is 1. The summed E-state index contributed by atoms with van der Waals surface area (Å²) >= 11 is 2.08. The van der Waals surface area contributed by atoms with Crippen LogP contribution in [0.15, 0.2) is 24.3 Å². The molecule has 4 nitrogen and oxygen atoms in total. The molecule has 0 amide bonds. The highest BCUT2D eigenvalue weighted by Crippen LogP contribution is 2.52. The second-order valence-electron chi connectivity index (χ2n) is 7.92. The van der Waals surface area contributed by atoms with Gasteiger partial charge in [-0.3, -0.25) is 4.90 Å². The molecule has 144 valence electrons. The van der Waals surface area contributed by atoms with Gasteiger partial charge in [0.05, 0.1) is 13.7 Å². The summed E-state index contributed by atoms with van der Waals surface area (Å²) in [5, 5.41) is 0. The van der Waals surface area contributed by atoms with E-state index in [0.717, 1.165) is 43.3 Å². The number of hydrogen-bond acceptors (Lipinski definition) is 5. The van der Waals surface area contributed by atoms with E-state index >= 15 is 0 Å². The summed E-state index contributed by atoms with van der Waals surface area (Å²) in [6.07, 6.45) is 1.19. The molecule has 5 heteroatoms. The number of piperidine rings is 1. The number of thioether (sulfide) groups is 1. The SMILES string of the molecule is COc1ccc(CN2CC3C(COCCCN4CCSCC4)C3C2)cc1. The van der Waals surface area contributed by atoms with Gasteiger partial charge >= 0.3 is 0 Å². The largest absolute Gasteiger partial charge is 0.497 e. The van der Waals surface area contributed by atoms with Crippen LogP contribution in [0.1, 0.15) is 12.0 Å². The van der Waals surface area contributed by atoms with Gasteiger partial charge in [-0.2, -0.15) is 11.8 Å². The summed E-state index contributed by atoms with van der Waals surface area (Å²) in [7, 11) is 1.72. The fourth-order valence-corrected chi connectivity index (χ4v) is 5.52. The number of hydrogen-bond donors (Lipinski definition) is 0. The summed E-state index contributed by atoms with van der Waals surface area (Å²) in [5.74, 6) is 6.14. The Hall–Kier alpha value is -0.750. The Labute approximate surface area is 162 Å². The first-order valence-corrected chi connectivity index (χ1v) is 11.2. The van der Waals surface area contributed by atoms with Crippen LogP contribution in [0.4, 0.5) is 0 Å². The van der Waals surface area contributed by atoms with Crippen molar-refractivity contribution in [3.8, 4) is 5.75 Å². The predicted molar refractivity (Wildman–Crippen MR) is 108 cm³/mol. The maximum Gasteiger partial charge on any atom is 0.118 e. The monoisotopic (exact) mass is 376 g/mol. The van der Waals surface area contributed by atoms with Crippen LogP contribution in [0.5, 0.6) is 5.75 Å². The van der Waals surface area contributed by atoms with Gasteiger partial charge < -0.3 is 14.4 Å². The number of rotatable bonds is 9. The highest BCUT2D eigenvalue weighted by molar-refractivity contribution is 7.99. The summed E-state index contributed by atoms with van der Waals surface area (Å²) in [4.78, 5) is 5.19. The molecule has 4 rings (SSSR count). The van der Waals surface area contributed by atoms with E-state index < -0.39 is 0 Å². The first-order chi connectivity index (χ1) is 12.8. The standard InChI is InChI=1S/C21H32N2O2S/c1-24-18-5-3-17(4-6-18)13-23-14-19-20(15-23)21(19)16-25-10-2-7-22-8-11-26-12-9-22/h3-6,19-21H,2,7-16H2,1H3. The van der Waals surface area contributed by atoms with Crippen LogP contribution in [0.2, 0.25) is 0 Å². The lowest BCUT2D eigenvalue weighted by molar-refractivity contribution is 0.0999. The Morgan fingerprint density at radius 2 is 1.77 bits per heavy atom. The average Bonchev–Trinajstić information content (AvgIpc) is 3.14. The molecule has 2 atom stereocenters. The lowest BCUT2D eigenvalue weighted by Gasteiger charge is -2.25. The van der Waals surface area contributed by atoms with Gasteiger partial charge in [-0.1, -0.05) is 12.1 Å². The fraction of sp³-hybridized carbons (Fsp3) is 0.714. The van der Waals surface area contributed by atoms with Crippen LogP contribution in [0.25, 0.3) is 0 Å². The van der Waals surface area contributed by atoms with Crippen molar-refractivity contribution in [1.82, 2.24) is 9.80 Å². The van der Waals surface area contributed by atoms with Gasteiger partial charge in [-0.25, -0.2) is 0 Å².